The van der Waals surface area contributed by atoms with E-state index in [-0.39, 0.29) is 12.0 Å². The predicted octanol–water partition coefficient (Wildman–Crippen LogP) is 2.72. The van der Waals surface area contributed by atoms with E-state index in [9.17, 15) is 4.79 Å². The zero-order chi connectivity index (χ0) is 20.4. The van der Waals surface area contributed by atoms with Gasteiger partial charge in [0.25, 0.3) is 11.8 Å². The monoisotopic (exact) mass is 395 g/mol. The Labute approximate surface area is 169 Å². The van der Waals surface area contributed by atoms with E-state index in [0.717, 1.165) is 29.5 Å². The number of nitrogens with zero attached hydrogens (tertiary/aromatic N) is 4. The number of methoxy groups -OCH3 is 1. The summed E-state index contributed by atoms with van der Waals surface area (Å²) in [5.74, 6) is 1.90. The van der Waals surface area contributed by atoms with Gasteiger partial charge in [0.15, 0.2) is 5.82 Å². The number of likely N-dealkylation sites (tertiary alicyclic amines) is 1. The summed E-state index contributed by atoms with van der Waals surface area (Å²) in [6, 6.07) is 7.61. The van der Waals surface area contributed by atoms with Crippen LogP contribution in [0.5, 0.6) is 11.6 Å². The Hall–Kier alpha value is -3.29. The van der Waals surface area contributed by atoms with Gasteiger partial charge in [-0.25, -0.2) is 9.97 Å². The fraction of sp³-hybridized carbons (Fsp3) is 0.381. The summed E-state index contributed by atoms with van der Waals surface area (Å²) < 4.78 is 11.4. The molecule has 1 unspecified atom stereocenters. The minimum absolute atomic E-state index is 0.0274. The third-order valence-electron chi connectivity index (χ3n) is 5.07. The minimum Gasteiger partial charge on any atom is -0.497 e. The molecule has 1 atom stereocenters. The maximum Gasteiger partial charge on any atom is 0.270 e. The lowest BCUT2D eigenvalue weighted by molar-refractivity contribution is 0.0524. The largest absolute Gasteiger partial charge is 0.497 e. The number of ether oxygens (including phenoxy) is 2. The van der Waals surface area contributed by atoms with Crippen molar-refractivity contribution in [2.45, 2.75) is 18.9 Å². The van der Waals surface area contributed by atoms with Gasteiger partial charge in [0, 0.05) is 50.0 Å². The van der Waals surface area contributed by atoms with Crippen LogP contribution in [0.15, 0.2) is 36.7 Å². The SMILES string of the molecule is COc1ccc2cc(C(=O)N3CCCC(Oc4nccnc4N(C)C)C3)[nH]c2c1. The van der Waals surface area contributed by atoms with Gasteiger partial charge in [0.1, 0.15) is 17.5 Å². The van der Waals surface area contributed by atoms with E-state index >= 15 is 0 Å². The summed E-state index contributed by atoms with van der Waals surface area (Å²) in [6.45, 7) is 1.22. The van der Waals surface area contributed by atoms with Crippen molar-refractivity contribution < 1.29 is 14.3 Å². The molecule has 1 fully saturated rings. The van der Waals surface area contributed by atoms with Crippen molar-refractivity contribution in [1.82, 2.24) is 19.9 Å². The number of aromatic amines is 1. The number of carbonyl (C=O) groups is 1. The number of benzene rings is 1. The van der Waals surface area contributed by atoms with Gasteiger partial charge in [-0.15, -0.1) is 0 Å². The Morgan fingerprint density at radius 2 is 2.07 bits per heavy atom. The number of H-pyrrole nitrogens is 1. The predicted molar refractivity (Wildman–Crippen MR) is 111 cm³/mol. The molecule has 29 heavy (non-hydrogen) atoms. The van der Waals surface area contributed by atoms with Crippen molar-refractivity contribution in [2.75, 3.05) is 39.2 Å². The topological polar surface area (TPSA) is 83.6 Å². The maximum absolute atomic E-state index is 13.1. The van der Waals surface area contributed by atoms with Gasteiger partial charge in [-0.05, 0) is 31.0 Å². The lowest BCUT2D eigenvalue weighted by atomic mass is 10.1. The highest BCUT2D eigenvalue weighted by Gasteiger charge is 2.27. The van der Waals surface area contributed by atoms with E-state index in [1.807, 2.05) is 48.2 Å². The summed E-state index contributed by atoms with van der Waals surface area (Å²) in [5.41, 5.74) is 1.45. The van der Waals surface area contributed by atoms with Crippen LogP contribution < -0.4 is 14.4 Å². The average Bonchev–Trinajstić information content (AvgIpc) is 3.17. The first-order valence-corrected chi connectivity index (χ1v) is 9.66. The van der Waals surface area contributed by atoms with Crippen molar-refractivity contribution in [3.8, 4) is 11.6 Å². The average molecular weight is 395 g/mol. The fourth-order valence-corrected chi connectivity index (χ4v) is 3.60. The second-order valence-electron chi connectivity index (χ2n) is 7.35. The van der Waals surface area contributed by atoms with E-state index in [0.29, 0.717) is 30.5 Å². The Bertz CT molecular complexity index is 1020. The summed E-state index contributed by atoms with van der Waals surface area (Å²) in [6.07, 6.45) is 4.89. The Kier molecular flexibility index (Phi) is 5.24. The van der Waals surface area contributed by atoms with Gasteiger partial charge < -0.3 is 24.3 Å². The molecular formula is C21H25N5O3. The molecule has 1 amide bonds. The minimum atomic E-state index is -0.118. The molecule has 0 radical (unpaired) electrons. The van der Waals surface area contributed by atoms with Gasteiger partial charge in [-0.3, -0.25) is 4.79 Å². The van der Waals surface area contributed by atoms with Crippen molar-refractivity contribution in [3.05, 3.63) is 42.4 Å². The smallest absolute Gasteiger partial charge is 0.270 e. The number of anilines is 1. The number of hydrogen-bond acceptors (Lipinski definition) is 6. The number of fused-ring (bicyclic) bond motifs is 1. The summed E-state index contributed by atoms with van der Waals surface area (Å²) in [7, 11) is 5.43. The normalized spacial score (nSPS) is 16.7. The molecule has 1 aliphatic rings. The van der Waals surface area contributed by atoms with Crippen LogP contribution in [0.3, 0.4) is 0 Å². The molecule has 8 nitrogen and oxygen atoms in total. The zero-order valence-electron chi connectivity index (χ0n) is 16.9. The molecule has 0 aliphatic carbocycles. The summed E-state index contributed by atoms with van der Waals surface area (Å²) in [5, 5.41) is 0.981. The van der Waals surface area contributed by atoms with Crippen LogP contribution in [-0.4, -0.2) is 66.2 Å². The van der Waals surface area contributed by atoms with E-state index in [4.69, 9.17) is 9.47 Å². The molecule has 4 rings (SSSR count). The quantitative estimate of drug-likeness (QED) is 0.715. The van der Waals surface area contributed by atoms with Crippen LogP contribution in [-0.2, 0) is 0 Å². The molecular weight excluding hydrogens is 370 g/mol. The van der Waals surface area contributed by atoms with Crippen LogP contribution in [0.4, 0.5) is 5.82 Å². The van der Waals surface area contributed by atoms with Gasteiger partial charge >= 0.3 is 0 Å². The van der Waals surface area contributed by atoms with Crippen molar-refractivity contribution in [3.63, 3.8) is 0 Å². The molecule has 1 aliphatic heterocycles. The van der Waals surface area contributed by atoms with Crippen molar-refractivity contribution in [2.24, 2.45) is 0 Å². The Morgan fingerprint density at radius 1 is 1.24 bits per heavy atom. The molecule has 0 spiro atoms. The van der Waals surface area contributed by atoms with E-state index in [1.54, 1.807) is 19.5 Å². The first kappa shape index (κ1) is 19.0. The molecule has 3 aromatic rings. The van der Waals surface area contributed by atoms with Crippen LogP contribution in [0, 0.1) is 0 Å². The standard InChI is InChI=1S/C21H25N5O3/c1-25(2)19-20(23-9-8-22-19)29-16-5-4-10-26(13-16)21(27)18-11-14-6-7-15(28-3)12-17(14)24-18/h6-9,11-12,16,24H,4-5,10,13H2,1-3H3. The van der Waals surface area contributed by atoms with Crippen LogP contribution in [0.2, 0.25) is 0 Å². The van der Waals surface area contributed by atoms with E-state index < -0.39 is 0 Å². The second-order valence-corrected chi connectivity index (χ2v) is 7.35. The first-order valence-electron chi connectivity index (χ1n) is 9.66. The number of rotatable bonds is 5. The highest BCUT2D eigenvalue weighted by Crippen LogP contribution is 2.26. The molecule has 0 saturated carbocycles. The molecule has 1 N–H and O–H groups in total. The second kappa shape index (κ2) is 7.98. The van der Waals surface area contributed by atoms with Crippen LogP contribution in [0.1, 0.15) is 23.3 Å². The Balaban J connectivity index is 1.49. The van der Waals surface area contributed by atoms with Gasteiger partial charge in [-0.2, -0.15) is 0 Å². The first-order chi connectivity index (χ1) is 14.0. The lowest BCUT2D eigenvalue weighted by Crippen LogP contribution is -2.44. The van der Waals surface area contributed by atoms with Crippen LogP contribution >= 0.6 is 0 Å². The third-order valence-corrected chi connectivity index (χ3v) is 5.07. The van der Waals surface area contributed by atoms with Gasteiger partial charge in [0.05, 0.1) is 13.7 Å². The summed E-state index contributed by atoms with van der Waals surface area (Å²) in [4.78, 5) is 28.6. The van der Waals surface area contributed by atoms with Crippen molar-refractivity contribution >= 4 is 22.6 Å². The highest BCUT2D eigenvalue weighted by molar-refractivity contribution is 5.98. The number of aromatic nitrogens is 3. The number of hydrogen-bond donors (Lipinski definition) is 1. The third kappa shape index (κ3) is 3.96. The van der Waals surface area contributed by atoms with Gasteiger partial charge in [0.2, 0.25) is 0 Å². The van der Waals surface area contributed by atoms with E-state index in [2.05, 4.69) is 15.0 Å². The number of amides is 1. The number of nitrogens with one attached hydrogen (secondary N) is 1. The molecule has 152 valence electrons. The molecule has 1 saturated heterocycles. The molecule has 8 heteroatoms. The fourth-order valence-electron chi connectivity index (χ4n) is 3.60. The highest BCUT2D eigenvalue weighted by atomic mass is 16.5. The number of piperidine rings is 1. The number of carbonyl (C=O) groups excluding carboxylic acids is 1. The lowest BCUT2D eigenvalue weighted by Gasteiger charge is -2.32. The van der Waals surface area contributed by atoms with Crippen LogP contribution in [0.25, 0.3) is 10.9 Å². The van der Waals surface area contributed by atoms with E-state index in [1.165, 1.54) is 0 Å². The maximum atomic E-state index is 13.1. The molecule has 1 aromatic carbocycles. The Morgan fingerprint density at radius 3 is 2.86 bits per heavy atom. The summed E-state index contributed by atoms with van der Waals surface area (Å²) >= 11 is 0. The molecule has 2 aromatic heterocycles. The zero-order valence-corrected chi connectivity index (χ0v) is 16.9. The van der Waals surface area contributed by atoms with Gasteiger partial charge in [-0.1, -0.05) is 0 Å². The molecule has 3 heterocycles. The molecule has 0 bridgehead atoms. The van der Waals surface area contributed by atoms with Crippen molar-refractivity contribution in [1.29, 1.82) is 0 Å².